The van der Waals surface area contributed by atoms with E-state index in [0.717, 1.165) is 34.9 Å². The van der Waals surface area contributed by atoms with Crippen LogP contribution in [-0.4, -0.2) is 15.8 Å². The Morgan fingerprint density at radius 3 is 2.83 bits per heavy atom. The number of rotatable bonds is 3. The van der Waals surface area contributed by atoms with Gasteiger partial charge in [0.05, 0.1) is 11.1 Å². The Hall–Kier alpha value is -3.34. The number of ether oxygens (including phenoxy) is 2. The van der Waals surface area contributed by atoms with Crippen LogP contribution >= 0.6 is 0 Å². The molecule has 1 aromatic heterocycles. The van der Waals surface area contributed by atoms with Crippen LogP contribution in [0.1, 0.15) is 44.7 Å². The second-order valence-electron chi connectivity index (χ2n) is 8.46. The molecule has 2 aliphatic heterocycles. The lowest BCUT2D eigenvalue weighted by atomic mass is 9.93. The predicted octanol–water partition coefficient (Wildman–Crippen LogP) is 6.31. The molecule has 5 heteroatoms. The monoisotopic (exact) mass is 404 g/mol. The van der Waals surface area contributed by atoms with Gasteiger partial charge in [0.2, 0.25) is 0 Å². The summed E-state index contributed by atoms with van der Waals surface area (Å²) < 4.78 is 18.4. The molecule has 2 N–H and O–H groups in total. The third-order valence-corrected chi connectivity index (χ3v) is 5.76. The smallest absolute Gasteiger partial charge is 0.173 e. The van der Waals surface area contributed by atoms with E-state index in [9.17, 15) is 10.2 Å². The van der Waals surface area contributed by atoms with Crippen LogP contribution in [0.5, 0.6) is 23.0 Å². The number of fused-ring (bicyclic) bond motifs is 7. The van der Waals surface area contributed by atoms with Gasteiger partial charge < -0.3 is 24.1 Å². The molecule has 0 saturated heterocycles. The summed E-state index contributed by atoms with van der Waals surface area (Å²) in [4.78, 5) is 0. The van der Waals surface area contributed by atoms with E-state index in [1.807, 2.05) is 19.1 Å². The molecule has 0 amide bonds. The minimum atomic E-state index is -0.496. The normalized spacial score (nSPS) is 18.8. The van der Waals surface area contributed by atoms with Gasteiger partial charge in [-0.25, -0.2) is 0 Å². The first kappa shape index (κ1) is 18.7. The lowest BCUT2D eigenvalue weighted by Gasteiger charge is -2.31. The lowest BCUT2D eigenvalue weighted by molar-refractivity contribution is 0.124. The van der Waals surface area contributed by atoms with Crippen LogP contribution in [0.3, 0.4) is 0 Å². The van der Waals surface area contributed by atoms with Crippen molar-refractivity contribution in [1.82, 2.24) is 0 Å². The number of phenolic OH excluding ortho intramolecular Hbond substituents is 2. The maximum absolute atomic E-state index is 10.8. The summed E-state index contributed by atoms with van der Waals surface area (Å²) in [7, 11) is 0. The van der Waals surface area contributed by atoms with E-state index in [-0.39, 0.29) is 11.5 Å². The third-order valence-electron chi connectivity index (χ3n) is 5.76. The van der Waals surface area contributed by atoms with Gasteiger partial charge in [-0.3, -0.25) is 0 Å². The molecule has 154 valence electrons. The zero-order chi connectivity index (χ0) is 21.0. The average Bonchev–Trinajstić information content (AvgIpc) is 3.06. The summed E-state index contributed by atoms with van der Waals surface area (Å²) >= 11 is 0. The van der Waals surface area contributed by atoms with Crippen LogP contribution in [0, 0.1) is 0 Å². The van der Waals surface area contributed by atoms with Crippen LogP contribution < -0.4 is 9.47 Å². The van der Waals surface area contributed by atoms with Crippen LogP contribution in [0.4, 0.5) is 0 Å². The molecular formula is C25H24O5. The molecule has 3 aromatic rings. The van der Waals surface area contributed by atoms with Crippen LogP contribution in [0.15, 0.2) is 46.4 Å². The van der Waals surface area contributed by atoms with Crippen molar-refractivity contribution in [2.75, 3.05) is 0 Å². The molecule has 3 heterocycles. The lowest BCUT2D eigenvalue weighted by Crippen LogP contribution is -2.31. The summed E-state index contributed by atoms with van der Waals surface area (Å²) in [6.07, 6.45) is 7.92. The highest BCUT2D eigenvalue weighted by Crippen LogP contribution is 2.50. The van der Waals surface area contributed by atoms with Crippen molar-refractivity contribution >= 4 is 17.0 Å². The molecular weight excluding hydrogens is 380 g/mol. The van der Waals surface area contributed by atoms with Crippen molar-refractivity contribution < 1.29 is 24.1 Å². The molecule has 0 aliphatic carbocycles. The summed E-state index contributed by atoms with van der Waals surface area (Å²) in [5, 5.41) is 21.3. The Labute approximate surface area is 174 Å². The first-order valence-electron chi connectivity index (χ1n) is 10.1. The fourth-order valence-corrected chi connectivity index (χ4v) is 4.17. The molecule has 30 heavy (non-hydrogen) atoms. The number of benzene rings is 2. The Morgan fingerprint density at radius 1 is 1.20 bits per heavy atom. The maximum atomic E-state index is 10.8. The number of allylic oxidation sites excluding steroid dienone is 2. The molecule has 1 atom stereocenters. The second kappa shape index (κ2) is 6.59. The van der Waals surface area contributed by atoms with Crippen LogP contribution in [0.25, 0.3) is 28.4 Å². The second-order valence-corrected chi connectivity index (χ2v) is 8.46. The van der Waals surface area contributed by atoms with Gasteiger partial charge in [-0.1, -0.05) is 11.6 Å². The molecule has 0 saturated carbocycles. The molecule has 5 nitrogen and oxygen atoms in total. The van der Waals surface area contributed by atoms with E-state index in [0.29, 0.717) is 29.4 Å². The Balaban J connectivity index is 1.60. The molecule has 0 bridgehead atoms. The first-order valence-corrected chi connectivity index (χ1v) is 10.1. The summed E-state index contributed by atoms with van der Waals surface area (Å²) in [5.41, 5.74) is 3.85. The van der Waals surface area contributed by atoms with E-state index < -0.39 is 5.60 Å². The van der Waals surface area contributed by atoms with Crippen molar-refractivity contribution in [1.29, 1.82) is 0 Å². The van der Waals surface area contributed by atoms with Crippen molar-refractivity contribution in [3.05, 3.63) is 53.1 Å². The topological polar surface area (TPSA) is 72.1 Å². The van der Waals surface area contributed by atoms with E-state index in [1.54, 1.807) is 24.3 Å². The fraction of sp³-hybridized carbons (Fsp3) is 0.280. The maximum Gasteiger partial charge on any atom is 0.173 e. The standard InChI is InChI=1S/C25H24O5/c1-14(2)5-4-9-25(3)10-8-17-23-18(12-20(27)24(17)30-25)19-13-28-21-11-15(26)6-7-16(21)22(19)29-23/h5-8,10-12,26-27H,4,9,13H2,1-3H3. The Morgan fingerprint density at radius 2 is 2.03 bits per heavy atom. The molecule has 0 radical (unpaired) electrons. The molecule has 2 aliphatic rings. The molecule has 5 rings (SSSR count). The molecule has 0 spiro atoms. The fourth-order valence-electron chi connectivity index (χ4n) is 4.17. The van der Waals surface area contributed by atoms with Crippen molar-refractivity contribution in [3.8, 4) is 34.3 Å². The van der Waals surface area contributed by atoms with E-state index in [2.05, 4.69) is 19.9 Å². The van der Waals surface area contributed by atoms with Gasteiger partial charge in [-0.05, 0) is 64.0 Å². The summed E-state index contributed by atoms with van der Waals surface area (Å²) in [5.74, 6) is 1.97. The third kappa shape index (κ3) is 2.93. The average molecular weight is 404 g/mol. The Bertz CT molecular complexity index is 1230. The van der Waals surface area contributed by atoms with E-state index in [1.165, 1.54) is 5.57 Å². The molecule has 2 aromatic carbocycles. The van der Waals surface area contributed by atoms with Gasteiger partial charge >= 0.3 is 0 Å². The largest absolute Gasteiger partial charge is 0.508 e. The number of aromatic hydroxyl groups is 2. The highest BCUT2D eigenvalue weighted by molar-refractivity contribution is 5.98. The van der Waals surface area contributed by atoms with Gasteiger partial charge in [0.1, 0.15) is 35.1 Å². The van der Waals surface area contributed by atoms with Crippen LogP contribution in [0.2, 0.25) is 0 Å². The van der Waals surface area contributed by atoms with E-state index in [4.69, 9.17) is 13.9 Å². The number of phenols is 2. The Kier molecular flexibility index (Phi) is 4.10. The minimum Gasteiger partial charge on any atom is -0.508 e. The minimum absolute atomic E-state index is 0.0930. The van der Waals surface area contributed by atoms with Gasteiger partial charge in [0.15, 0.2) is 11.5 Å². The quantitative estimate of drug-likeness (QED) is 0.500. The molecule has 0 fully saturated rings. The van der Waals surface area contributed by atoms with Gasteiger partial charge in [0, 0.05) is 17.0 Å². The van der Waals surface area contributed by atoms with Crippen molar-refractivity contribution in [2.24, 2.45) is 0 Å². The highest BCUT2D eigenvalue weighted by Gasteiger charge is 2.33. The zero-order valence-electron chi connectivity index (χ0n) is 17.3. The molecule has 1 unspecified atom stereocenters. The first-order chi connectivity index (χ1) is 14.3. The summed E-state index contributed by atoms with van der Waals surface area (Å²) in [6, 6.07) is 6.67. The number of hydrogen-bond donors (Lipinski definition) is 2. The predicted molar refractivity (Wildman–Crippen MR) is 116 cm³/mol. The summed E-state index contributed by atoms with van der Waals surface area (Å²) in [6.45, 7) is 6.50. The highest BCUT2D eigenvalue weighted by atomic mass is 16.5. The van der Waals surface area contributed by atoms with Gasteiger partial charge in [0.25, 0.3) is 0 Å². The van der Waals surface area contributed by atoms with Crippen molar-refractivity contribution in [3.63, 3.8) is 0 Å². The van der Waals surface area contributed by atoms with Crippen molar-refractivity contribution in [2.45, 2.75) is 45.8 Å². The number of hydrogen-bond acceptors (Lipinski definition) is 5. The van der Waals surface area contributed by atoms with Gasteiger partial charge in [-0.15, -0.1) is 0 Å². The zero-order valence-corrected chi connectivity index (χ0v) is 17.3. The number of furan rings is 1. The SMILES string of the molecule is CC(C)=CCCC1(C)C=Cc2c(c(O)cc3c4c(oc23)-c2ccc(O)cc2OC4)O1. The van der Waals surface area contributed by atoms with Gasteiger partial charge in [-0.2, -0.15) is 0 Å². The van der Waals surface area contributed by atoms with Crippen LogP contribution in [-0.2, 0) is 6.61 Å². The van der Waals surface area contributed by atoms with E-state index >= 15 is 0 Å².